The number of rotatable bonds is 8. The van der Waals surface area contributed by atoms with Crippen LogP contribution in [0.25, 0.3) is 5.69 Å². The normalized spacial score (nSPS) is 18.7. The zero-order chi connectivity index (χ0) is 24.9. The second-order valence-electron chi connectivity index (χ2n) is 11.1. The van der Waals surface area contributed by atoms with E-state index in [1.165, 1.54) is 67.7 Å². The van der Waals surface area contributed by atoms with Gasteiger partial charge in [0.25, 0.3) is 5.91 Å². The van der Waals surface area contributed by atoms with E-state index in [9.17, 15) is 4.79 Å². The van der Waals surface area contributed by atoms with Crippen LogP contribution in [0.2, 0.25) is 0 Å². The highest BCUT2D eigenvalue weighted by Crippen LogP contribution is 2.30. The summed E-state index contributed by atoms with van der Waals surface area (Å²) >= 11 is 0. The SMILES string of the molecule is Cc1cc2c(n1-c1ccc(C(=O)NCCCN3CCC(Cc4ccccc4)CC3)cc1)CC[C@H](C)C2. The molecule has 5 rings (SSSR count). The molecule has 1 aromatic heterocycles. The summed E-state index contributed by atoms with van der Waals surface area (Å²) in [5.74, 6) is 1.60. The van der Waals surface area contributed by atoms with Crippen molar-refractivity contribution in [3.8, 4) is 5.69 Å². The predicted octanol–water partition coefficient (Wildman–Crippen LogP) is 5.99. The van der Waals surface area contributed by atoms with Crippen molar-refractivity contribution in [2.45, 2.75) is 58.8 Å². The van der Waals surface area contributed by atoms with Gasteiger partial charge in [-0.2, -0.15) is 0 Å². The molecule has 1 aliphatic carbocycles. The third kappa shape index (κ3) is 5.92. The molecule has 1 fully saturated rings. The summed E-state index contributed by atoms with van der Waals surface area (Å²) in [4.78, 5) is 15.3. The molecular weight excluding hydrogens is 442 g/mol. The van der Waals surface area contributed by atoms with Crippen molar-refractivity contribution in [3.63, 3.8) is 0 Å². The molecule has 0 saturated carbocycles. The highest BCUT2D eigenvalue weighted by molar-refractivity contribution is 5.94. The first-order valence-corrected chi connectivity index (χ1v) is 13.9. The number of carbonyl (C=O) groups is 1. The number of amides is 1. The summed E-state index contributed by atoms with van der Waals surface area (Å²) in [6, 6.07) is 21.4. The summed E-state index contributed by atoms with van der Waals surface area (Å²) in [6.45, 7) is 8.68. The third-order valence-corrected chi connectivity index (χ3v) is 8.22. The molecule has 2 aliphatic rings. The van der Waals surface area contributed by atoms with Crippen LogP contribution in [-0.2, 0) is 19.3 Å². The van der Waals surface area contributed by atoms with Crippen LogP contribution in [0.15, 0.2) is 60.7 Å². The molecule has 0 spiro atoms. The predicted molar refractivity (Wildman–Crippen MR) is 148 cm³/mol. The number of fused-ring (bicyclic) bond motifs is 1. The molecule has 36 heavy (non-hydrogen) atoms. The Hall–Kier alpha value is -2.85. The van der Waals surface area contributed by atoms with Crippen molar-refractivity contribution in [2.75, 3.05) is 26.2 Å². The number of hydrogen-bond acceptors (Lipinski definition) is 2. The average Bonchev–Trinajstić information content (AvgIpc) is 3.22. The van der Waals surface area contributed by atoms with Crippen LogP contribution >= 0.6 is 0 Å². The van der Waals surface area contributed by atoms with Crippen LogP contribution in [0.3, 0.4) is 0 Å². The first kappa shape index (κ1) is 24.8. The van der Waals surface area contributed by atoms with Gasteiger partial charge in [0.1, 0.15) is 0 Å². The summed E-state index contributed by atoms with van der Waals surface area (Å²) in [6.07, 6.45) is 8.32. The fourth-order valence-corrected chi connectivity index (χ4v) is 6.16. The lowest BCUT2D eigenvalue weighted by Crippen LogP contribution is -2.36. The molecule has 0 radical (unpaired) electrons. The first-order chi connectivity index (χ1) is 17.6. The Kier molecular flexibility index (Phi) is 7.91. The van der Waals surface area contributed by atoms with Gasteiger partial charge in [-0.05, 0) is 125 Å². The summed E-state index contributed by atoms with van der Waals surface area (Å²) in [7, 11) is 0. The van der Waals surface area contributed by atoms with Crippen LogP contribution in [0.1, 0.15) is 65.5 Å². The van der Waals surface area contributed by atoms with Crippen LogP contribution < -0.4 is 5.32 Å². The van der Waals surface area contributed by atoms with Gasteiger partial charge < -0.3 is 14.8 Å². The van der Waals surface area contributed by atoms with Crippen molar-refractivity contribution >= 4 is 5.91 Å². The fraction of sp³-hybridized carbons (Fsp3) is 0.469. The number of carbonyl (C=O) groups excluding carboxylic acids is 1. The Bertz CT molecular complexity index is 1140. The van der Waals surface area contributed by atoms with E-state index in [2.05, 4.69) is 77.2 Å². The van der Waals surface area contributed by atoms with Crippen molar-refractivity contribution in [1.82, 2.24) is 14.8 Å². The Balaban J connectivity index is 1.05. The van der Waals surface area contributed by atoms with E-state index in [1.54, 1.807) is 0 Å². The second-order valence-corrected chi connectivity index (χ2v) is 11.1. The number of piperidine rings is 1. The van der Waals surface area contributed by atoms with Gasteiger partial charge in [0.2, 0.25) is 0 Å². The standard InChI is InChI=1S/C32H41N3O/c1-24-9-14-31-29(21-24)22-25(2)35(31)30-12-10-28(11-13-30)32(36)33-17-6-18-34-19-15-27(16-20-34)23-26-7-4-3-5-8-26/h3-5,7-8,10-13,22,24,27H,6,9,14-21,23H2,1-2H3,(H,33,36)/t24-/m0/s1. The quantitative estimate of drug-likeness (QED) is 0.400. The van der Waals surface area contributed by atoms with Gasteiger partial charge in [-0.15, -0.1) is 0 Å². The van der Waals surface area contributed by atoms with Gasteiger partial charge in [0, 0.05) is 29.2 Å². The van der Waals surface area contributed by atoms with Crippen LogP contribution in [0.5, 0.6) is 0 Å². The molecule has 4 heteroatoms. The topological polar surface area (TPSA) is 37.3 Å². The largest absolute Gasteiger partial charge is 0.352 e. The molecule has 1 atom stereocenters. The molecular formula is C32H41N3O. The van der Waals surface area contributed by atoms with Crippen LogP contribution in [0.4, 0.5) is 0 Å². The Morgan fingerprint density at radius 1 is 1.00 bits per heavy atom. The number of aryl methyl sites for hydroxylation is 1. The molecule has 1 saturated heterocycles. The Labute approximate surface area is 216 Å². The van der Waals surface area contributed by atoms with E-state index >= 15 is 0 Å². The van der Waals surface area contributed by atoms with Crippen molar-refractivity contribution in [3.05, 3.63) is 88.7 Å². The average molecular weight is 484 g/mol. The minimum atomic E-state index is 0.0307. The molecule has 0 bridgehead atoms. The van der Waals surface area contributed by atoms with Gasteiger partial charge in [-0.3, -0.25) is 4.79 Å². The minimum Gasteiger partial charge on any atom is -0.352 e. The Morgan fingerprint density at radius 3 is 2.50 bits per heavy atom. The van der Waals surface area contributed by atoms with Crippen molar-refractivity contribution in [2.24, 2.45) is 11.8 Å². The molecule has 3 aromatic rings. The maximum absolute atomic E-state index is 12.7. The molecule has 4 nitrogen and oxygen atoms in total. The van der Waals surface area contributed by atoms with Gasteiger partial charge in [0.15, 0.2) is 0 Å². The number of benzene rings is 2. The minimum absolute atomic E-state index is 0.0307. The molecule has 0 unspecified atom stereocenters. The van der Waals surface area contributed by atoms with Crippen LogP contribution in [-0.4, -0.2) is 41.6 Å². The Morgan fingerprint density at radius 2 is 1.75 bits per heavy atom. The molecule has 190 valence electrons. The first-order valence-electron chi connectivity index (χ1n) is 13.9. The third-order valence-electron chi connectivity index (χ3n) is 8.22. The number of nitrogens with zero attached hydrogens (tertiary/aromatic N) is 2. The van der Waals surface area contributed by atoms with E-state index in [1.807, 2.05) is 12.1 Å². The lowest BCUT2D eigenvalue weighted by Gasteiger charge is -2.32. The summed E-state index contributed by atoms with van der Waals surface area (Å²) < 4.78 is 2.38. The fourth-order valence-electron chi connectivity index (χ4n) is 6.16. The van der Waals surface area contributed by atoms with Crippen molar-refractivity contribution in [1.29, 1.82) is 0 Å². The zero-order valence-electron chi connectivity index (χ0n) is 22.0. The monoisotopic (exact) mass is 483 g/mol. The number of hydrogen-bond donors (Lipinski definition) is 1. The highest BCUT2D eigenvalue weighted by atomic mass is 16.1. The van der Waals surface area contributed by atoms with Crippen molar-refractivity contribution < 1.29 is 4.79 Å². The van der Waals surface area contributed by atoms with Gasteiger partial charge in [-0.25, -0.2) is 0 Å². The molecule has 1 N–H and O–H groups in total. The highest BCUT2D eigenvalue weighted by Gasteiger charge is 2.22. The van der Waals surface area contributed by atoms with E-state index < -0.39 is 0 Å². The second kappa shape index (κ2) is 11.5. The smallest absolute Gasteiger partial charge is 0.251 e. The summed E-state index contributed by atoms with van der Waals surface area (Å²) in [5.41, 5.74) is 7.60. The lowest BCUT2D eigenvalue weighted by molar-refractivity contribution is 0.0950. The molecule has 1 aliphatic heterocycles. The van der Waals surface area contributed by atoms with Gasteiger partial charge in [0.05, 0.1) is 0 Å². The molecule has 2 aromatic carbocycles. The number of aromatic nitrogens is 1. The van der Waals surface area contributed by atoms with Crippen LogP contribution in [0, 0.1) is 18.8 Å². The molecule has 2 heterocycles. The maximum Gasteiger partial charge on any atom is 0.251 e. The van der Waals surface area contributed by atoms with E-state index in [0.29, 0.717) is 0 Å². The van der Waals surface area contributed by atoms with Gasteiger partial charge in [-0.1, -0.05) is 37.3 Å². The number of nitrogens with one attached hydrogen (secondary N) is 1. The maximum atomic E-state index is 12.7. The molecule has 1 amide bonds. The van der Waals surface area contributed by atoms with E-state index in [0.717, 1.165) is 49.0 Å². The lowest BCUT2D eigenvalue weighted by atomic mass is 9.89. The number of likely N-dealkylation sites (tertiary alicyclic amines) is 1. The van der Waals surface area contributed by atoms with Gasteiger partial charge >= 0.3 is 0 Å². The zero-order valence-corrected chi connectivity index (χ0v) is 22.0. The van der Waals surface area contributed by atoms with E-state index in [-0.39, 0.29) is 5.91 Å². The van der Waals surface area contributed by atoms with E-state index in [4.69, 9.17) is 0 Å². The summed E-state index contributed by atoms with van der Waals surface area (Å²) in [5, 5.41) is 3.13.